The predicted molar refractivity (Wildman–Crippen MR) is 125 cm³/mol. The second kappa shape index (κ2) is 11.0. The molecule has 1 N–H and O–H groups in total. The summed E-state index contributed by atoms with van der Waals surface area (Å²) >= 11 is 0. The lowest BCUT2D eigenvalue weighted by Crippen LogP contribution is -2.54. The van der Waals surface area contributed by atoms with Gasteiger partial charge in [-0.1, -0.05) is 55.8 Å². The van der Waals surface area contributed by atoms with Crippen LogP contribution >= 0.6 is 0 Å². The highest BCUT2D eigenvalue weighted by molar-refractivity contribution is 5.88. The van der Waals surface area contributed by atoms with Gasteiger partial charge < -0.3 is 15.0 Å². The molecule has 2 aromatic rings. The third kappa shape index (κ3) is 7.74. The first-order chi connectivity index (χ1) is 14.6. The monoisotopic (exact) mass is 424 g/mol. The van der Waals surface area contributed by atoms with Crippen LogP contribution in [0.1, 0.15) is 57.7 Å². The first-order valence-electron chi connectivity index (χ1n) is 11.0. The Morgan fingerprint density at radius 1 is 0.968 bits per heavy atom. The number of ether oxygens (including phenoxy) is 1. The highest BCUT2D eigenvalue weighted by Gasteiger charge is 2.30. The molecule has 168 valence electrons. The van der Waals surface area contributed by atoms with Crippen LogP contribution in [0.3, 0.4) is 0 Å². The van der Waals surface area contributed by atoms with Crippen molar-refractivity contribution in [3.63, 3.8) is 0 Å². The summed E-state index contributed by atoms with van der Waals surface area (Å²) in [6.07, 6.45) is 1.47. The van der Waals surface area contributed by atoms with Gasteiger partial charge in [0, 0.05) is 12.1 Å². The Morgan fingerprint density at radius 2 is 1.55 bits per heavy atom. The van der Waals surface area contributed by atoms with E-state index in [1.165, 1.54) is 5.56 Å². The fourth-order valence-electron chi connectivity index (χ4n) is 3.31. The van der Waals surface area contributed by atoms with Crippen molar-refractivity contribution in [2.75, 3.05) is 6.61 Å². The molecule has 0 aliphatic heterocycles. The van der Waals surface area contributed by atoms with E-state index in [0.29, 0.717) is 18.7 Å². The maximum absolute atomic E-state index is 13.2. The zero-order valence-corrected chi connectivity index (χ0v) is 19.7. The molecule has 0 aliphatic carbocycles. The Hall–Kier alpha value is -2.82. The van der Waals surface area contributed by atoms with E-state index in [1.807, 2.05) is 83.1 Å². The van der Waals surface area contributed by atoms with Crippen LogP contribution in [0.5, 0.6) is 5.75 Å². The lowest BCUT2D eigenvalue weighted by molar-refractivity contribution is -0.143. The number of hydrogen-bond acceptors (Lipinski definition) is 3. The van der Waals surface area contributed by atoms with Crippen molar-refractivity contribution < 1.29 is 14.3 Å². The highest BCUT2D eigenvalue weighted by Crippen LogP contribution is 2.17. The Labute approximate surface area is 186 Å². The van der Waals surface area contributed by atoms with Crippen LogP contribution in [0, 0.1) is 6.92 Å². The Morgan fingerprint density at radius 3 is 2.06 bits per heavy atom. The lowest BCUT2D eigenvalue weighted by atomic mass is 10.1. The molecule has 31 heavy (non-hydrogen) atoms. The van der Waals surface area contributed by atoms with E-state index in [1.54, 1.807) is 4.90 Å². The topological polar surface area (TPSA) is 58.6 Å². The fourth-order valence-corrected chi connectivity index (χ4v) is 3.31. The number of carbonyl (C=O) groups excluding carboxylic acids is 2. The van der Waals surface area contributed by atoms with Crippen molar-refractivity contribution in [3.8, 4) is 5.75 Å². The molecule has 1 atom stereocenters. The number of nitrogens with zero attached hydrogens (tertiary/aromatic N) is 1. The van der Waals surface area contributed by atoms with Gasteiger partial charge in [-0.25, -0.2) is 0 Å². The number of hydrogen-bond donors (Lipinski definition) is 1. The number of aryl methyl sites for hydroxylation is 2. The molecule has 5 heteroatoms. The summed E-state index contributed by atoms with van der Waals surface area (Å²) in [7, 11) is 0. The zero-order valence-electron chi connectivity index (χ0n) is 19.7. The van der Waals surface area contributed by atoms with Crippen molar-refractivity contribution in [2.24, 2.45) is 0 Å². The summed E-state index contributed by atoms with van der Waals surface area (Å²) in [4.78, 5) is 27.8. The molecule has 5 nitrogen and oxygen atoms in total. The van der Waals surface area contributed by atoms with Gasteiger partial charge in [0.15, 0.2) is 6.61 Å². The Bertz CT molecular complexity index is 852. The van der Waals surface area contributed by atoms with E-state index >= 15 is 0 Å². The molecule has 2 rings (SSSR count). The quantitative estimate of drug-likeness (QED) is 0.637. The van der Waals surface area contributed by atoms with E-state index in [-0.39, 0.29) is 24.0 Å². The van der Waals surface area contributed by atoms with Crippen LogP contribution in [-0.4, -0.2) is 34.9 Å². The van der Waals surface area contributed by atoms with Gasteiger partial charge in [0.25, 0.3) is 5.91 Å². The predicted octanol–water partition coefficient (Wildman–Crippen LogP) is 4.66. The summed E-state index contributed by atoms with van der Waals surface area (Å²) in [5.41, 5.74) is 2.97. The van der Waals surface area contributed by atoms with E-state index < -0.39 is 6.04 Å². The molecule has 0 saturated carbocycles. The number of amides is 2. The first kappa shape index (κ1) is 24.4. The van der Waals surface area contributed by atoms with Crippen molar-refractivity contribution in [2.45, 2.75) is 72.5 Å². The highest BCUT2D eigenvalue weighted by atomic mass is 16.5. The van der Waals surface area contributed by atoms with Gasteiger partial charge in [0.05, 0.1) is 0 Å². The molecule has 0 bridgehead atoms. The SMILES string of the molecule is CCc1ccc(OCC(=O)N(Cc2ccc(C)cc2)[C@@H](CC)C(=O)NC(C)(C)C)cc1. The molecule has 0 aliphatic rings. The number of nitrogens with one attached hydrogen (secondary N) is 1. The normalized spacial score (nSPS) is 12.2. The van der Waals surface area contributed by atoms with Gasteiger partial charge >= 0.3 is 0 Å². The van der Waals surface area contributed by atoms with Crippen LogP contribution in [0.15, 0.2) is 48.5 Å². The molecule has 0 saturated heterocycles. The van der Waals surface area contributed by atoms with Crippen molar-refractivity contribution in [1.29, 1.82) is 0 Å². The van der Waals surface area contributed by atoms with Crippen molar-refractivity contribution in [1.82, 2.24) is 10.2 Å². The van der Waals surface area contributed by atoms with Crippen molar-refractivity contribution in [3.05, 3.63) is 65.2 Å². The summed E-state index contributed by atoms with van der Waals surface area (Å²) in [5, 5.41) is 3.01. The minimum Gasteiger partial charge on any atom is -0.484 e. The number of benzene rings is 2. The van der Waals surface area contributed by atoms with Crippen LogP contribution < -0.4 is 10.1 Å². The van der Waals surface area contributed by atoms with Crippen LogP contribution in [0.2, 0.25) is 0 Å². The molecule has 0 fully saturated rings. The fraction of sp³-hybridized carbons (Fsp3) is 0.462. The summed E-state index contributed by atoms with van der Waals surface area (Å²) < 4.78 is 5.76. The van der Waals surface area contributed by atoms with Gasteiger partial charge in [-0.3, -0.25) is 9.59 Å². The van der Waals surface area contributed by atoms with Gasteiger partial charge in [0.2, 0.25) is 5.91 Å². The Balaban J connectivity index is 2.20. The average molecular weight is 425 g/mol. The smallest absolute Gasteiger partial charge is 0.261 e. The van der Waals surface area contributed by atoms with Gasteiger partial charge in [-0.15, -0.1) is 0 Å². The molecule has 0 radical (unpaired) electrons. The van der Waals surface area contributed by atoms with Crippen molar-refractivity contribution >= 4 is 11.8 Å². The van der Waals surface area contributed by atoms with Gasteiger partial charge in [-0.05, 0) is 63.8 Å². The number of rotatable bonds is 9. The molecule has 0 aromatic heterocycles. The maximum Gasteiger partial charge on any atom is 0.261 e. The Kier molecular flexibility index (Phi) is 8.66. The average Bonchev–Trinajstić information content (AvgIpc) is 2.72. The first-order valence-corrected chi connectivity index (χ1v) is 11.0. The lowest BCUT2D eigenvalue weighted by Gasteiger charge is -2.33. The third-order valence-corrected chi connectivity index (χ3v) is 5.05. The van der Waals surface area contributed by atoms with Crippen LogP contribution in [0.25, 0.3) is 0 Å². The van der Waals surface area contributed by atoms with E-state index in [2.05, 4.69) is 12.2 Å². The molecule has 2 aromatic carbocycles. The summed E-state index contributed by atoms with van der Waals surface area (Å²) in [5.74, 6) is 0.284. The van der Waals surface area contributed by atoms with Crippen LogP contribution in [-0.2, 0) is 22.6 Å². The second-order valence-electron chi connectivity index (χ2n) is 8.96. The molecule has 2 amide bonds. The molecule has 0 heterocycles. The standard InChI is InChI=1S/C26H36N2O3/c1-7-20-13-15-22(16-14-20)31-18-24(29)28(17-21-11-9-19(3)10-12-21)23(8-2)25(30)27-26(4,5)6/h9-16,23H,7-8,17-18H2,1-6H3,(H,27,30)/t23-/m0/s1. The minimum absolute atomic E-state index is 0.114. The molecular weight excluding hydrogens is 388 g/mol. The summed E-state index contributed by atoms with van der Waals surface area (Å²) in [6.45, 7) is 12.1. The zero-order chi connectivity index (χ0) is 23.0. The molecular formula is C26H36N2O3. The van der Waals surface area contributed by atoms with E-state index in [4.69, 9.17) is 4.74 Å². The number of carbonyl (C=O) groups is 2. The molecule has 0 spiro atoms. The summed E-state index contributed by atoms with van der Waals surface area (Å²) in [6, 6.07) is 15.2. The largest absolute Gasteiger partial charge is 0.484 e. The maximum atomic E-state index is 13.2. The minimum atomic E-state index is -0.570. The second-order valence-corrected chi connectivity index (χ2v) is 8.96. The van der Waals surface area contributed by atoms with Gasteiger partial charge in [0.1, 0.15) is 11.8 Å². The van der Waals surface area contributed by atoms with E-state index in [0.717, 1.165) is 17.5 Å². The van der Waals surface area contributed by atoms with E-state index in [9.17, 15) is 9.59 Å². The third-order valence-electron chi connectivity index (χ3n) is 5.05. The van der Waals surface area contributed by atoms with Crippen LogP contribution in [0.4, 0.5) is 0 Å². The van der Waals surface area contributed by atoms with Gasteiger partial charge in [-0.2, -0.15) is 0 Å². The molecule has 0 unspecified atom stereocenters.